The van der Waals surface area contributed by atoms with Crippen molar-refractivity contribution in [3.05, 3.63) is 30.3 Å². The fourth-order valence-corrected chi connectivity index (χ4v) is 4.28. The van der Waals surface area contributed by atoms with Gasteiger partial charge in [0.05, 0.1) is 33.5 Å². The highest BCUT2D eigenvalue weighted by atomic mass is 16.5. The Labute approximate surface area is 189 Å². The number of benzene rings is 2. The van der Waals surface area contributed by atoms with Crippen LogP contribution in [0.15, 0.2) is 30.3 Å². The van der Waals surface area contributed by atoms with Crippen molar-refractivity contribution >= 4 is 16.7 Å². The largest absolute Gasteiger partial charge is 0.493 e. The Morgan fingerprint density at radius 3 is 2.38 bits per heavy atom. The predicted octanol–water partition coefficient (Wildman–Crippen LogP) is 4.96. The average Bonchev–Trinajstić information content (AvgIpc) is 2.82. The number of hydrogen-bond acceptors (Lipinski definition) is 7. The molecule has 0 saturated carbocycles. The van der Waals surface area contributed by atoms with Crippen LogP contribution in [-0.2, 0) is 0 Å². The number of aromatic nitrogens is 2. The molecule has 1 aliphatic rings. The van der Waals surface area contributed by atoms with Gasteiger partial charge >= 0.3 is 0 Å². The summed E-state index contributed by atoms with van der Waals surface area (Å²) in [5.41, 5.74) is 1.69. The molecule has 1 fully saturated rings. The number of hydrogen-bond donors (Lipinski definition) is 0. The number of ether oxygens (including phenoxy) is 4. The smallest absolute Gasteiger partial charge is 0.163 e. The number of methoxy groups -OCH3 is 3. The van der Waals surface area contributed by atoms with Crippen LogP contribution in [0.2, 0.25) is 0 Å². The maximum Gasteiger partial charge on any atom is 0.163 e. The molecule has 0 aliphatic carbocycles. The second-order valence-electron chi connectivity index (χ2n) is 8.09. The van der Waals surface area contributed by atoms with Crippen molar-refractivity contribution in [1.82, 2.24) is 9.97 Å². The van der Waals surface area contributed by atoms with Gasteiger partial charge in [-0.2, -0.15) is 0 Å². The third-order valence-electron chi connectivity index (χ3n) is 5.86. The minimum Gasteiger partial charge on any atom is -0.493 e. The van der Waals surface area contributed by atoms with Gasteiger partial charge in [-0.15, -0.1) is 0 Å². The lowest BCUT2D eigenvalue weighted by atomic mass is 10.00. The van der Waals surface area contributed by atoms with E-state index in [9.17, 15) is 0 Å². The zero-order valence-corrected chi connectivity index (χ0v) is 19.5. The molecule has 1 saturated heterocycles. The van der Waals surface area contributed by atoms with E-state index >= 15 is 0 Å². The SMILES string of the molecule is CCOc1cc2nc(-c3ccc(OC)c(OC)c3)nc(N3CCCC(C)C3)c2cc1OC. The van der Waals surface area contributed by atoms with E-state index in [2.05, 4.69) is 11.8 Å². The lowest BCUT2D eigenvalue weighted by Crippen LogP contribution is -2.35. The third-order valence-corrected chi connectivity index (χ3v) is 5.86. The van der Waals surface area contributed by atoms with Gasteiger partial charge in [0, 0.05) is 30.1 Å². The number of anilines is 1. The Kier molecular flexibility index (Phi) is 6.53. The Morgan fingerprint density at radius 2 is 1.69 bits per heavy atom. The molecule has 1 atom stereocenters. The Bertz CT molecular complexity index is 1100. The summed E-state index contributed by atoms with van der Waals surface area (Å²) in [5.74, 6) is 4.86. The van der Waals surface area contributed by atoms with Crippen LogP contribution in [0.25, 0.3) is 22.3 Å². The van der Waals surface area contributed by atoms with E-state index in [4.69, 9.17) is 28.9 Å². The predicted molar refractivity (Wildman–Crippen MR) is 126 cm³/mol. The molecule has 3 aromatic rings. The molecule has 170 valence electrons. The summed E-state index contributed by atoms with van der Waals surface area (Å²) in [6.45, 7) is 6.73. The van der Waals surface area contributed by atoms with Gasteiger partial charge in [-0.1, -0.05) is 6.92 Å². The van der Waals surface area contributed by atoms with Crippen LogP contribution in [0, 0.1) is 5.92 Å². The second kappa shape index (κ2) is 9.51. The van der Waals surface area contributed by atoms with Gasteiger partial charge in [0.2, 0.25) is 0 Å². The van der Waals surface area contributed by atoms with Crippen LogP contribution >= 0.6 is 0 Å². The molecule has 0 spiro atoms. The van der Waals surface area contributed by atoms with Crippen molar-refractivity contribution in [3.8, 4) is 34.4 Å². The Hall–Kier alpha value is -3.22. The van der Waals surface area contributed by atoms with Crippen molar-refractivity contribution in [3.63, 3.8) is 0 Å². The molecule has 0 N–H and O–H groups in total. The highest BCUT2D eigenvalue weighted by molar-refractivity contribution is 5.93. The minimum absolute atomic E-state index is 0.548. The molecule has 2 heterocycles. The second-order valence-corrected chi connectivity index (χ2v) is 8.09. The molecular weight excluding hydrogens is 406 g/mol. The van der Waals surface area contributed by atoms with Crippen molar-refractivity contribution in [2.24, 2.45) is 5.92 Å². The molecule has 0 amide bonds. The van der Waals surface area contributed by atoms with Crippen LogP contribution in [0.3, 0.4) is 0 Å². The van der Waals surface area contributed by atoms with E-state index in [1.54, 1.807) is 21.3 Å². The fourth-order valence-electron chi connectivity index (χ4n) is 4.28. The highest BCUT2D eigenvalue weighted by Gasteiger charge is 2.23. The molecule has 0 radical (unpaired) electrons. The van der Waals surface area contributed by atoms with E-state index < -0.39 is 0 Å². The average molecular weight is 438 g/mol. The molecule has 7 heteroatoms. The van der Waals surface area contributed by atoms with Gasteiger partial charge in [0.15, 0.2) is 28.8 Å². The van der Waals surface area contributed by atoms with Crippen molar-refractivity contribution in [1.29, 1.82) is 0 Å². The molecular formula is C25H31N3O4. The monoisotopic (exact) mass is 437 g/mol. The fraction of sp³-hybridized carbons (Fsp3) is 0.440. The van der Waals surface area contributed by atoms with Gasteiger partial charge < -0.3 is 23.8 Å². The van der Waals surface area contributed by atoms with Gasteiger partial charge in [0.25, 0.3) is 0 Å². The summed E-state index contributed by atoms with van der Waals surface area (Å²) < 4.78 is 22.3. The van der Waals surface area contributed by atoms with Crippen LogP contribution in [0.4, 0.5) is 5.82 Å². The third kappa shape index (κ3) is 4.24. The first-order chi connectivity index (χ1) is 15.6. The van der Waals surface area contributed by atoms with Crippen molar-refractivity contribution in [2.75, 3.05) is 45.9 Å². The maximum atomic E-state index is 5.82. The quantitative estimate of drug-likeness (QED) is 0.518. The summed E-state index contributed by atoms with van der Waals surface area (Å²) in [5, 5.41) is 0.962. The van der Waals surface area contributed by atoms with E-state index in [0.717, 1.165) is 41.8 Å². The first kappa shape index (κ1) is 22.0. The topological polar surface area (TPSA) is 65.9 Å². The standard InChI is InChI=1S/C25H31N3O4/c1-6-32-23-14-19-18(13-22(23)31-5)25(28-11-7-8-16(2)15-28)27-24(26-19)17-9-10-20(29-3)21(12-17)30-4/h9-10,12-14,16H,6-8,11,15H2,1-5H3. The van der Waals surface area contributed by atoms with Crippen LogP contribution in [0.5, 0.6) is 23.0 Å². The van der Waals surface area contributed by atoms with Gasteiger partial charge in [-0.25, -0.2) is 9.97 Å². The Morgan fingerprint density at radius 1 is 0.938 bits per heavy atom. The lowest BCUT2D eigenvalue weighted by molar-refractivity contribution is 0.311. The normalized spacial score (nSPS) is 16.2. The molecule has 4 rings (SSSR count). The molecule has 1 unspecified atom stereocenters. The van der Waals surface area contributed by atoms with Gasteiger partial charge in [-0.3, -0.25) is 0 Å². The van der Waals surface area contributed by atoms with Crippen molar-refractivity contribution in [2.45, 2.75) is 26.7 Å². The van der Waals surface area contributed by atoms with Crippen LogP contribution in [-0.4, -0.2) is 51.0 Å². The zero-order valence-electron chi connectivity index (χ0n) is 19.5. The maximum absolute atomic E-state index is 5.82. The van der Waals surface area contributed by atoms with E-state index in [1.165, 1.54) is 6.42 Å². The minimum atomic E-state index is 0.548. The van der Waals surface area contributed by atoms with Gasteiger partial charge in [-0.05, 0) is 49.9 Å². The molecule has 7 nitrogen and oxygen atoms in total. The number of fused-ring (bicyclic) bond motifs is 1. The van der Waals surface area contributed by atoms with Gasteiger partial charge in [0.1, 0.15) is 5.82 Å². The zero-order chi connectivity index (χ0) is 22.7. The molecule has 1 aromatic heterocycles. The van der Waals surface area contributed by atoms with Crippen molar-refractivity contribution < 1.29 is 18.9 Å². The van der Waals surface area contributed by atoms with Crippen LogP contribution in [0.1, 0.15) is 26.7 Å². The number of piperidine rings is 1. The summed E-state index contributed by atoms with van der Waals surface area (Å²) >= 11 is 0. The first-order valence-corrected chi connectivity index (χ1v) is 11.1. The van der Waals surface area contributed by atoms with E-state index in [-0.39, 0.29) is 0 Å². The molecule has 2 aromatic carbocycles. The first-order valence-electron chi connectivity index (χ1n) is 11.1. The summed E-state index contributed by atoms with van der Waals surface area (Å²) in [7, 11) is 4.91. The highest BCUT2D eigenvalue weighted by Crippen LogP contribution is 2.38. The van der Waals surface area contributed by atoms with E-state index in [1.807, 2.05) is 37.3 Å². The molecule has 32 heavy (non-hydrogen) atoms. The Balaban J connectivity index is 1.92. The van der Waals surface area contributed by atoms with E-state index in [0.29, 0.717) is 41.3 Å². The summed E-state index contributed by atoms with van der Waals surface area (Å²) in [6.07, 6.45) is 2.38. The van der Waals surface area contributed by atoms with Crippen LogP contribution < -0.4 is 23.8 Å². The number of rotatable bonds is 7. The molecule has 0 bridgehead atoms. The summed E-state index contributed by atoms with van der Waals surface area (Å²) in [4.78, 5) is 12.3. The summed E-state index contributed by atoms with van der Waals surface area (Å²) in [6, 6.07) is 9.69. The molecule has 1 aliphatic heterocycles. The number of nitrogens with zero attached hydrogens (tertiary/aromatic N) is 3. The lowest BCUT2D eigenvalue weighted by Gasteiger charge is -2.32.